The molecule has 0 aliphatic carbocycles. The Morgan fingerprint density at radius 2 is 1.23 bits per heavy atom. The molecule has 3 heteroatoms. The molecule has 0 aromatic rings. The van der Waals surface area contributed by atoms with E-state index >= 15 is 0 Å². The Hall–Kier alpha value is -0.120. The van der Waals surface area contributed by atoms with E-state index in [1.807, 2.05) is 0 Å². The summed E-state index contributed by atoms with van der Waals surface area (Å²) in [4.78, 5) is 0. The fourth-order valence-corrected chi connectivity index (χ4v) is 0.614. The van der Waals surface area contributed by atoms with E-state index in [4.69, 9.17) is 14.9 Å². The number of hydrogen-bond donors (Lipinski definition) is 2. The highest BCUT2D eigenvalue weighted by Crippen LogP contribution is 1.81. The minimum Gasteiger partial charge on any atom is -0.396 e. The van der Waals surface area contributed by atoms with Gasteiger partial charge in [-0.15, -0.1) is 0 Å². The second-order valence-electron chi connectivity index (χ2n) is 2.77. The summed E-state index contributed by atoms with van der Waals surface area (Å²) in [6.45, 7) is 6.48. The molecule has 0 atom stereocenters. The molecule has 0 rings (SSSR count). The lowest BCUT2D eigenvalue weighted by Gasteiger charge is -1.95. The van der Waals surface area contributed by atoms with Crippen molar-refractivity contribution in [2.24, 2.45) is 0 Å². The number of aliphatic hydroxyl groups is 2. The Bertz CT molecular complexity index is 59.2. The van der Waals surface area contributed by atoms with Crippen molar-refractivity contribution in [3.8, 4) is 0 Å². The molecule has 82 valence electrons. The molecule has 2 N–H and O–H groups in total. The van der Waals surface area contributed by atoms with E-state index in [0.717, 1.165) is 38.9 Å². The fourth-order valence-electron chi connectivity index (χ4n) is 0.614. The zero-order valence-electron chi connectivity index (χ0n) is 8.96. The van der Waals surface area contributed by atoms with Gasteiger partial charge in [-0.05, 0) is 25.7 Å². The zero-order valence-corrected chi connectivity index (χ0v) is 8.96. The Labute approximate surface area is 81.7 Å². The molecule has 0 heterocycles. The summed E-state index contributed by atoms with van der Waals surface area (Å²) in [6, 6.07) is 0. The number of ether oxygens (including phenoxy) is 1. The van der Waals surface area contributed by atoms with Crippen molar-refractivity contribution in [3.05, 3.63) is 0 Å². The standard InChI is InChI=1S/C6H14O.C4H10O2/c1-3-5-7-6-4-2;5-3-1-2-4-6/h3-6H2,1-2H3;5-6H,1-4H2. The van der Waals surface area contributed by atoms with Crippen LogP contribution in [0.5, 0.6) is 0 Å². The molecule has 0 aromatic carbocycles. The van der Waals surface area contributed by atoms with Gasteiger partial charge in [0.25, 0.3) is 0 Å². The summed E-state index contributed by atoms with van der Waals surface area (Å²) < 4.78 is 5.13. The van der Waals surface area contributed by atoms with E-state index in [2.05, 4.69) is 13.8 Å². The van der Waals surface area contributed by atoms with Gasteiger partial charge in [-0.3, -0.25) is 0 Å². The third kappa shape index (κ3) is 24.5. The van der Waals surface area contributed by atoms with Crippen molar-refractivity contribution in [1.29, 1.82) is 0 Å². The van der Waals surface area contributed by atoms with Crippen molar-refractivity contribution >= 4 is 0 Å². The first-order valence-electron chi connectivity index (χ1n) is 5.12. The van der Waals surface area contributed by atoms with Gasteiger partial charge >= 0.3 is 0 Å². The molecule has 0 aliphatic rings. The number of hydrogen-bond acceptors (Lipinski definition) is 3. The van der Waals surface area contributed by atoms with Gasteiger partial charge < -0.3 is 14.9 Å². The average molecular weight is 192 g/mol. The van der Waals surface area contributed by atoms with Gasteiger partial charge in [0.15, 0.2) is 0 Å². The van der Waals surface area contributed by atoms with E-state index in [9.17, 15) is 0 Å². The molecule has 0 spiro atoms. The van der Waals surface area contributed by atoms with Crippen molar-refractivity contribution < 1.29 is 14.9 Å². The summed E-state index contributed by atoms with van der Waals surface area (Å²) in [5.41, 5.74) is 0. The van der Waals surface area contributed by atoms with Crippen LogP contribution in [0.1, 0.15) is 39.5 Å². The van der Waals surface area contributed by atoms with E-state index in [-0.39, 0.29) is 13.2 Å². The molecule has 0 saturated carbocycles. The monoisotopic (exact) mass is 192 g/mol. The van der Waals surface area contributed by atoms with Gasteiger partial charge in [0, 0.05) is 26.4 Å². The van der Waals surface area contributed by atoms with E-state index in [1.165, 1.54) is 0 Å². The van der Waals surface area contributed by atoms with Crippen LogP contribution in [-0.4, -0.2) is 36.6 Å². The van der Waals surface area contributed by atoms with Gasteiger partial charge in [0.05, 0.1) is 0 Å². The number of unbranched alkanes of at least 4 members (excludes halogenated alkanes) is 1. The van der Waals surface area contributed by atoms with Crippen LogP contribution in [0.3, 0.4) is 0 Å². The van der Waals surface area contributed by atoms with Crippen LogP contribution in [0.4, 0.5) is 0 Å². The highest BCUT2D eigenvalue weighted by atomic mass is 16.5. The van der Waals surface area contributed by atoms with Gasteiger partial charge in [-0.25, -0.2) is 0 Å². The van der Waals surface area contributed by atoms with Crippen molar-refractivity contribution in [2.45, 2.75) is 39.5 Å². The first-order valence-corrected chi connectivity index (χ1v) is 5.12. The van der Waals surface area contributed by atoms with Gasteiger partial charge in [-0.2, -0.15) is 0 Å². The van der Waals surface area contributed by atoms with Crippen LogP contribution in [-0.2, 0) is 4.74 Å². The topological polar surface area (TPSA) is 49.7 Å². The SMILES string of the molecule is CCCOCCC.OCCCCO. The Morgan fingerprint density at radius 3 is 1.46 bits per heavy atom. The molecule has 13 heavy (non-hydrogen) atoms. The maximum atomic E-state index is 8.09. The first-order chi connectivity index (χ1) is 6.33. The minimum atomic E-state index is 0.195. The minimum absolute atomic E-state index is 0.195. The lowest BCUT2D eigenvalue weighted by Crippen LogP contribution is -1.92. The predicted molar refractivity (Wildman–Crippen MR) is 54.8 cm³/mol. The van der Waals surface area contributed by atoms with Gasteiger partial charge in [0.2, 0.25) is 0 Å². The Morgan fingerprint density at radius 1 is 0.846 bits per heavy atom. The zero-order chi connectivity index (χ0) is 10.4. The van der Waals surface area contributed by atoms with Crippen molar-refractivity contribution in [3.63, 3.8) is 0 Å². The summed E-state index contributed by atoms with van der Waals surface area (Å²) in [5.74, 6) is 0. The average Bonchev–Trinajstić information content (AvgIpc) is 2.17. The summed E-state index contributed by atoms with van der Waals surface area (Å²) in [6.07, 6.45) is 3.72. The lowest BCUT2D eigenvalue weighted by molar-refractivity contribution is 0.135. The molecule has 0 amide bonds. The number of aliphatic hydroxyl groups excluding tert-OH is 2. The molecule has 0 aliphatic heterocycles. The maximum Gasteiger partial charge on any atom is 0.0463 e. The molecule has 3 nitrogen and oxygen atoms in total. The van der Waals surface area contributed by atoms with E-state index in [1.54, 1.807) is 0 Å². The molecule has 0 aromatic heterocycles. The maximum absolute atomic E-state index is 8.09. The van der Waals surface area contributed by atoms with Gasteiger partial charge in [-0.1, -0.05) is 13.8 Å². The van der Waals surface area contributed by atoms with Crippen molar-refractivity contribution in [2.75, 3.05) is 26.4 Å². The summed E-state index contributed by atoms with van der Waals surface area (Å²) >= 11 is 0. The second kappa shape index (κ2) is 17.8. The van der Waals surface area contributed by atoms with Gasteiger partial charge in [0.1, 0.15) is 0 Å². The molecule has 0 fully saturated rings. The van der Waals surface area contributed by atoms with Crippen LogP contribution in [0.2, 0.25) is 0 Å². The van der Waals surface area contributed by atoms with E-state index in [0.29, 0.717) is 0 Å². The third-order valence-electron chi connectivity index (χ3n) is 1.26. The highest BCUT2D eigenvalue weighted by Gasteiger charge is 1.78. The lowest BCUT2D eigenvalue weighted by atomic mass is 10.3. The predicted octanol–water partition coefficient (Wildman–Crippen LogP) is 1.57. The molecular weight excluding hydrogens is 168 g/mol. The molecule has 0 unspecified atom stereocenters. The van der Waals surface area contributed by atoms with Crippen LogP contribution in [0.25, 0.3) is 0 Å². The van der Waals surface area contributed by atoms with E-state index < -0.39 is 0 Å². The highest BCUT2D eigenvalue weighted by molar-refractivity contribution is 4.30. The van der Waals surface area contributed by atoms with Crippen LogP contribution in [0.15, 0.2) is 0 Å². The molecule has 0 saturated heterocycles. The van der Waals surface area contributed by atoms with Crippen LogP contribution in [0, 0.1) is 0 Å². The van der Waals surface area contributed by atoms with Crippen molar-refractivity contribution in [1.82, 2.24) is 0 Å². The van der Waals surface area contributed by atoms with Crippen LogP contribution < -0.4 is 0 Å². The second-order valence-corrected chi connectivity index (χ2v) is 2.77. The quantitative estimate of drug-likeness (QED) is 0.602. The fraction of sp³-hybridized carbons (Fsp3) is 1.00. The van der Waals surface area contributed by atoms with Crippen LogP contribution >= 0.6 is 0 Å². The normalized spacial score (nSPS) is 9.23. The Balaban J connectivity index is 0. The first kappa shape index (κ1) is 15.4. The molecular formula is C10H24O3. The summed E-state index contributed by atoms with van der Waals surface area (Å²) in [7, 11) is 0. The molecule has 0 radical (unpaired) electrons. The summed E-state index contributed by atoms with van der Waals surface area (Å²) in [5, 5.41) is 16.2. The largest absolute Gasteiger partial charge is 0.396 e. The third-order valence-corrected chi connectivity index (χ3v) is 1.26. The molecule has 0 bridgehead atoms. The smallest absolute Gasteiger partial charge is 0.0463 e. The Kier molecular flexibility index (Phi) is 21.1. The number of rotatable bonds is 7.